The summed E-state index contributed by atoms with van der Waals surface area (Å²) >= 11 is 1.20. The lowest BCUT2D eigenvalue weighted by atomic mass is 10.1. The van der Waals surface area contributed by atoms with Gasteiger partial charge < -0.3 is 14.4 Å². The number of halogens is 1. The van der Waals surface area contributed by atoms with Crippen molar-refractivity contribution in [3.05, 3.63) is 74.7 Å². The Balaban J connectivity index is 1.55. The molecule has 41 heavy (non-hydrogen) atoms. The maximum absolute atomic E-state index is 13.8. The molecule has 2 heterocycles. The summed E-state index contributed by atoms with van der Waals surface area (Å²) in [5, 5.41) is 0.469. The van der Waals surface area contributed by atoms with Gasteiger partial charge in [0.2, 0.25) is 0 Å². The summed E-state index contributed by atoms with van der Waals surface area (Å²) in [6.45, 7) is 3.41. The molecule has 0 saturated carbocycles. The number of nitrogens with one attached hydrogen (secondary N) is 1. The molecule has 0 radical (unpaired) electrons. The van der Waals surface area contributed by atoms with Crippen LogP contribution >= 0.6 is 11.3 Å². The lowest BCUT2D eigenvalue weighted by Gasteiger charge is -2.32. The van der Waals surface area contributed by atoms with Gasteiger partial charge in [-0.2, -0.15) is 12.7 Å². The van der Waals surface area contributed by atoms with E-state index >= 15 is 0 Å². The zero-order valence-electron chi connectivity index (χ0n) is 23.3. The molecular weight excluding hydrogens is 571 g/mol. The summed E-state index contributed by atoms with van der Waals surface area (Å²) in [6.07, 6.45) is 0.189. The van der Waals surface area contributed by atoms with E-state index in [0.717, 1.165) is 21.9 Å². The van der Waals surface area contributed by atoms with Gasteiger partial charge in [-0.1, -0.05) is 30.3 Å². The highest BCUT2D eigenvalue weighted by atomic mass is 32.2. The minimum absolute atomic E-state index is 0.0544. The molecule has 2 aromatic carbocycles. The SMILES string of the molecule is COc1cc(C(=O)N(CCCc2ccccc2)Cc2nc(C(=O)NS(=O)(=O)N3CC(F)C3)c(C)s2)cc(OC)c1C. The standard InChI is InChI=1S/C28H33FN4O6S2/c1-18-23(38-3)13-21(14-24(18)39-4)28(35)32(12-8-11-20-9-6-5-7-10-20)17-25-30-26(19(2)40-25)27(34)31-41(36,37)33-15-22(29)16-33/h5-7,9-10,13-14,22H,8,11-12,15-17H2,1-4H3,(H,31,34). The van der Waals surface area contributed by atoms with Crippen molar-refractivity contribution in [3.63, 3.8) is 0 Å². The van der Waals surface area contributed by atoms with Gasteiger partial charge >= 0.3 is 10.2 Å². The van der Waals surface area contributed by atoms with Crippen molar-refractivity contribution in [1.29, 1.82) is 0 Å². The minimum Gasteiger partial charge on any atom is -0.496 e. The number of nitrogens with zero attached hydrogens (tertiary/aromatic N) is 3. The second-order valence-electron chi connectivity index (χ2n) is 9.68. The third kappa shape index (κ3) is 7.21. The van der Waals surface area contributed by atoms with Crippen LogP contribution in [0, 0.1) is 13.8 Å². The molecule has 2 amide bonds. The first-order valence-corrected chi connectivity index (χ1v) is 15.3. The number of carbonyl (C=O) groups excluding carboxylic acids is 2. The summed E-state index contributed by atoms with van der Waals surface area (Å²) in [6, 6.07) is 13.3. The highest BCUT2D eigenvalue weighted by molar-refractivity contribution is 7.87. The van der Waals surface area contributed by atoms with Crippen molar-refractivity contribution in [2.45, 2.75) is 39.4 Å². The highest BCUT2D eigenvalue weighted by Gasteiger charge is 2.37. The fourth-order valence-corrected chi connectivity index (χ4v) is 6.59. The molecule has 0 atom stereocenters. The molecule has 1 aliphatic heterocycles. The van der Waals surface area contributed by atoms with Crippen molar-refractivity contribution < 1.29 is 31.9 Å². The molecule has 3 aromatic rings. The van der Waals surface area contributed by atoms with Crippen LogP contribution in [0.4, 0.5) is 4.39 Å². The number of hydrogen-bond acceptors (Lipinski definition) is 8. The van der Waals surface area contributed by atoms with Gasteiger partial charge in [-0.15, -0.1) is 11.3 Å². The number of ether oxygens (including phenoxy) is 2. The van der Waals surface area contributed by atoms with Gasteiger partial charge in [0.05, 0.1) is 20.8 Å². The number of aromatic nitrogens is 1. The summed E-state index contributed by atoms with van der Waals surface area (Å²) in [4.78, 5) is 33.1. The van der Waals surface area contributed by atoms with Crippen LogP contribution in [0.1, 0.15) is 48.3 Å². The molecule has 4 rings (SSSR count). The Morgan fingerprint density at radius 1 is 1.12 bits per heavy atom. The Morgan fingerprint density at radius 3 is 2.34 bits per heavy atom. The summed E-state index contributed by atoms with van der Waals surface area (Å²) < 4.78 is 51.6. The fourth-order valence-electron chi connectivity index (χ4n) is 4.47. The predicted molar refractivity (Wildman–Crippen MR) is 153 cm³/mol. The summed E-state index contributed by atoms with van der Waals surface area (Å²) in [5.41, 5.74) is 2.23. The number of rotatable bonds is 12. The van der Waals surface area contributed by atoms with Crippen molar-refractivity contribution in [3.8, 4) is 11.5 Å². The Kier molecular flexibility index (Phi) is 9.61. The molecule has 220 valence electrons. The largest absolute Gasteiger partial charge is 0.496 e. The number of alkyl halides is 1. The second kappa shape index (κ2) is 13.0. The van der Waals surface area contributed by atoms with Gasteiger partial charge in [-0.25, -0.2) is 14.1 Å². The molecule has 10 nitrogen and oxygen atoms in total. The Bertz CT molecular complexity index is 1480. The van der Waals surface area contributed by atoms with Crippen LogP contribution in [-0.2, 0) is 23.2 Å². The number of benzene rings is 2. The smallest absolute Gasteiger partial charge is 0.304 e. The van der Waals surface area contributed by atoms with E-state index in [1.165, 1.54) is 25.6 Å². The zero-order valence-corrected chi connectivity index (χ0v) is 25.0. The topological polar surface area (TPSA) is 118 Å². The Morgan fingerprint density at radius 2 is 1.76 bits per heavy atom. The second-order valence-corrected chi connectivity index (χ2v) is 12.6. The Labute approximate surface area is 243 Å². The fraction of sp³-hybridized carbons (Fsp3) is 0.393. The molecule has 1 N–H and O–H groups in total. The molecule has 0 aliphatic carbocycles. The van der Waals surface area contributed by atoms with E-state index in [2.05, 4.69) is 4.98 Å². The van der Waals surface area contributed by atoms with Crippen LogP contribution in [0.15, 0.2) is 42.5 Å². The van der Waals surface area contributed by atoms with Gasteiger partial charge in [0.15, 0.2) is 0 Å². The number of methoxy groups -OCH3 is 2. The van der Waals surface area contributed by atoms with Crippen LogP contribution in [0.2, 0.25) is 0 Å². The first kappa shape index (κ1) is 30.4. The van der Waals surface area contributed by atoms with Gasteiger partial charge in [0.25, 0.3) is 11.8 Å². The van der Waals surface area contributed by atoms with Crippen LogP contribution in [-0.4, -0.2) is 74.4 Å². The molecule has 1 fully saturated rings. The maximum atomic E-state index is 13.8. The average molecular weight is 605 g/mol. The van der Waals surface area contributed by atoms with E-state index in [4.69, 9.17) is 9.47 Å². The number of hydrogen-bond donors (Lipinski definition) is 1. The Hall–Kier alpha value is -3.55. The number of thiazole rings is 1. The van der Waals surface area contributed by atoms with Crippen LogP contribution in [0.25, 0.3) is 0 Å². The van der Waals surface area contributed by atoms with E-state index in [1.54, 1.807) is 24.0 Å². The molecule has 1 aromatic heterocycles. The molecule has 0 unspecified atom stereocenters. The van der Waals surface area contributed by atoms with E-state index in [-0.39, 0.29) is 31.2 Å². The third-order valence-corrected chi connectivity index (χ3v) is 9.15. The highest BCUT2D eigenvalue weighted by Crippen LogP contribution is 2.30. The van der Waals surface area contributed by atoms with Crippen molar-refractivity contribution in [2.24, 2.45) is 0 Å². The number of carbonyl (C=O) groups is 2. The van der Waals surface area contributed by atoms with Gasteiger partial charge in [0.1, 0.15) is 28.4 Å². The van der Waals surface area contributed by atoms with Gasteiger partial charge in [-0.3, -0.25) is 9.59 Å². The first-order chi connectivity index (χ1) is 19.5. The quantitative estimate of drug-likeness (QED) is 0.335. The lowest BCUT2D eigenvalue weighted by molar-refractivity contribution is 0.0740. The van der Waals surface area contributed by atoms with E-state index in [9.17, 15) is 22.4 Å². The zero-order chi connectivity index (χ0) is 29.7. The monoisotopic (exact) mass is 604 g/mol. The third-order valence-electron chi connectivity index (χ3n) is 6.77. The van der Waals surface area contributed by atoms with Gasteiger partial charge in [0, 0.05) is 35.6 Å². The van der Waals surface area contributed by atoms with E-state index < -0.39 is 22.3 Å². The number of aryl methyl sites for hydroxylation is 2. The predicted octanol–water partition coefficient (Wildman–Crippen LogP) is 3.68. The first-order valence-electron chi connectivity index (χ1n) is 13.0. The van der Waals surface area contributed by atoms with Crippen molar-refractivity contribution in [2.75, 3.05) is 33.9 Å². The molecular formula is C28H33FN4O6S2. The minimum atomic E-state index is -4.17. The molecule has 1 saturated heterocycles. The summed E-state index contributed by atoms with van der Waals surface area (Å²) in [7, 11) is -1.12. The lowest BCUT2D eigenvalue weighted by Crippen LogP contribution is -2.56. The molecule has 0 bridgehead atoms. The van der Waals surface area contributed by atoms with Crippen LogP contribution < -0.4 is 14.2 Å². The van der Waals surface area contributed by atoms with E-state index in [0.29, 0.717) is 39.9 Å². The maximum Gasteiger partial charge on any atom is 0.304 e. The van der Waals surface area contributed by atoms with Crippen molar-refractivity contribution >= 4 is 33.4 Å². The van der Waals surface area contributed by atoms with Crippen molar-refractivity contribution in [1.82, 2.24) is 18.9 Å². The van der Waals surface area contributed by atoms with E-state index in [1.807, 2.05) is 42.0 Å². The van der Waals surface area contributed by atoms with Crippen LogP contribution in [0.5, 0.6) is 11.5 Å². The normalized spacial score (nSPS) is 13.9. The average Bonchev–Trinajstić information content (AvgIpc) is 3.30. The molecule has 0 spiro atoms. The molecule has 1 aliphatic rings. The summed E-state index contributed by atoms with van der Waals surface area (Å²) in [5.74, 6) is -0.135. The van der Waals surface area contributed by atoms with Crippen LogP contribution in [0.3, 0.4) is 0 Å². The van der Waals surface area contributed by atoms with Gasteiger partial charge in [-0.05, 0) is 44.4 Å². The number of amides is 2. The molecule has 13 heteroatoms.